The topological polar surface area (TPSA) is 46.3 Å². The molecule has 0 bridgehead atoms. The number of nitrogen functional groups attached to an aromatic ring is 1. The van der Waals surface area contributed by atoms with Crippen molar-refractivity contribution < 1.29 is 4.79 Å². The molecule has 1 aliphatic heterocycles. The third kappa shape index (κ3) is 1.88. The third-order valence-electron chi connectivity index (χ3n) is 3.24. The van der Waals surface area contributed by atoms with Crippen LogP contribution in [0.1, 0.15) is 22.3 Å². The van der Waals surface area contributed by atoms with Crippen LogP contribution < -0.4 is 10.6 Å². The van der Waals surface area contributed by atoms with Crippen molar-refractivity contribution >= 4 is 28.6 Å². The van der Waals surface area contributed by atoms with Crippen LogP contribution in [0.2, 0.25) is 0 Å². The molecule has 1 aromatic heterocycles. The van der Waals surface area contributed by atoms with Crippen LogP contribution in [0, 0.1) is 0 Å². The summed E-state index contributed by atoms with van der Waals surface area (Å²) in [6, 6.07) is 7.66. The Morgan fingerprint density at radius 1 is 1.33 bits per heavy atom. The Morgan fingerprint density at radius 3 is 3.00 bits per heavy atom. The molecule has 0 unspecified atom stereocenters. The minimum atomic E-state index is 0.0852. The number of amides is 1. The van der Waals surface area contributed by atoms with Gasteiger partial charge in [-0.1, -0.05) is 0 Å². The normalized spacial score (nSPS) is 14.3. The predicted octanol–water partition coefficient (Wildman–Crippen LogP) is 2.92. The molecule has 2 heterocycles. The van der Waals surface area contributed by atoms with E-state index in [1.807, 2.05) is 39.9 Å². The van der Waals surface area contributed by atoms with Gasteiger partial charge in [0.15, 0.2) is 0 Å². The van der Waals surface area contributed by atoms with Gasteiger partial charge < -0.3 is 10.6 Å². The first-order chi connectivity index (χ1) is 8.75. The molecule has 2 aromatic rings. The van der Waals surface area contributed by atoms with Gasteiger partial charge in [0.25, 0.3) is 5.91 Å². The molecule has 0 radical (unpaired) electrons. The summed E-state index contributed by atoms with van der Waals surface area (Å²) in [4.78, 5) is 14.3. The highest BCUT2D eigenvalue weighted by molar-refractivity contribution is 7.08. The summed E-state index contributed by atoms with van der Waals surface area (Å²) < 4.78 is 0. The number of benzene rings is 1. The second kappa shape index (κ2) is 4.46. The van der Waals surface area contributed by atoms with E-state index in [1.165, 1.54) is 5.56 Å². The monoisotopic (exact) mass is 258 g/mol. The van der Waals surface area contributed by atoms with Crippen molar-refractivity contribution in [2.45, 2.75) is 12.8 Å². The predicted molar refractivity (Wildman–Crippen MR) is 75.2 cm³/mol. The standard InChI is InChI=1S/C14H14N2OS/c15-12-3-4-13-10(8-12)2-1-6-16(13)14(17)11-5-7-18-9-11/h3-5,7-9H,1-2,6,15H2. The Morgan fingerprint density at radius 2 is 2.22 bits per heavy atom. The fraction of sp³-hybridized carbons (Fsp3) is 0.214. The van der Waals surface area contributed by atoms with Crippen molar-refractivity contribution in [3.8, 4) is 0 Å². The molecule has 0 saturated heterocycles. The number of nitrogens with zero attached hydrogens (tertiary/aromatic N) is 1. The number of carbonyl (C=O) groups is 1. The van der Waals surface area contributed by atoms with Crippen LogP contribution in [-0.4, -0.2) is 12.5 Å². The smallest absolute Gasteiger partial charge is 0.259 e. The molecule has 0 atom stereocenters. The number of rotatable bonds is 1. The number of carbonyl (C=O) groups excluding carboxylic acids is 1. The van der Waals surface area contributed by atoms with Gasteiger partial charge in [-0.3, -0.25) is 4.79 Å². The number of hydrogen-bond donors (Lipinski definition) is 1. The van der Waals surface area contributed by atoms with Gasteiger partial charge in [-0.25, -0.2) is 0 Å². The fourth-order valence-electron chi connectivity index (χ4n) is 2.37. The van der Waals surface area contributed by atoms with E-state index < -0.39 is 0 Å². The van der Waals surface area contributed by atoms with Crippen LogP contribution in [0.4, 0.5) is 11.4 Å². The number of nitrogens with two attached hydrogens (primary N) is 1. The molecule has 4 heteroatoms. The zero-order chi connectivity index (χ0) is 12.5. The summed E-state index contributed by atoms with van der Waals surface area (Å²) in [5.41, 5.74) is 9.50. The van der Waals surface area contributed by atoms with Gasteiger partial charge >= 0.3 is 0 Å². The molecule has 92 valence electrons. The maximum atomic E-state index is 12.4. The molecule has 0 fully saturated rings. The van der Waals surface area contributed by atoms with Gasteiger partial charge in [0, 0.05) is 23.3 Å². The van der Waals surface area contributed by atoms with Gasteiger partial charge in [-0.15, -0.1) is 0 Å². The lowest BCUT2D eigenvalue weighted by molar-refractivity contribution is 0.0985. The summed E-state index contributed by atoms with van der Waals surface area (Å²) in [6.07, 6.45) is 1.99. The van der Waals surface area contributed by atoms with Gasteiger partial charge in [-0.05, 0) is 48.1 Å². The Hall–Kier alpha value is -1.81. The van der Waals surface area contributed by atoms with Gasteiger partial charge in [-0.2, -0.15) is 11.3 Å². The van der Waals surface area contributed by atoms with Crippen molar-refractivity contribution in [1.29, 1.82) is 0 Å². The average molecular weight is 258 g/mol. The molecule has 0 spiro atoms. The molecule has 2 N–H and O–H groups in total. The summed E-state index contributed by atoms with van der Waals surface area (Å²) >= 11 is 1.55. The van der Waals surface area contributed by atoms with E-state index in [2.05, 4.69) is 0 Å². The van der Waals surface area contributed by atoms with Gasteiger partial charge in [0.1, 0.15) is 0 Å². The Labute approximate surface area is 110 Å². The SMILES string of the molecule is Nc1ccc2c(c1)CCCN2C(=O)c1ccsc1. The third-order valence-corrected chi connectivity index (χ3v) is 3.92. The quantitative estimate of drug-likeness (QED) is 0.799. The highest BCUT2D eigenvalue weighted by Gasteiger charge is 2.23. The van der Waals surface area contributed by atoms with Crippen LogP contribution in [0.3, 0.4) is 0 Å². The first-order valence-corrected chi connectivity index (χ1v) is 6.92. The second-order valence-electron chi connectivity index (χ2n) is 4.46. The van der Waals surface area contributed by atoms with Crippen LogP contribution in [-0.2, 0) is 6.42 Å². The van der Waals surface area contributed by atoms with E-state index in [1.54, 1.807) is 11.3 Å². The van der Waals surface area contributed by atoms with E-state index in [4.69, 9.17) is 5.73 Å². The Kier molecular flexibility index (Phi) is 2.80. The Bertz CT molecular complexity index is 577. The number of hydrogen-bond acceptors (Lipinski definition) is 3. The van der Waals surface area contributed by atoms with Crippen molar-refractivity contribution in [2.24, 2.45) is 0 Å². The first kappa shape index (κ1) is 11.3. The van der Waals surface area contributed by atoms with Crippen LogP contribution in [0.5, 0.6) is 0 Å². The highest BCUT2D eigenvalue weighted by Crippen LogP contribution is 2.30. The van der Waals surface area contributed by atoms with E-state index in [0.717, 1.165) is 36.3 Å². The van der Waals surface area contributed by atoms with E-state index >= 15 is 0 Å². The van der Waals surface area contributed by atoms with Crippen molar-refractivity contribution in [3.63, 3.8) is 0 Å². The highest BCUT2D eigenvalue weighted by atomic mass is 32.1. The van der Waals surface area contributed by atoms with Crippen molar-refractivity contribution in [3.05, 3.63) is 46.2 Å². The lowest BCUT2D eigenvalue weighted by Gasteiger charge is -2.29. The largest absolute Gasteiger partial charge is 0.399 e. The van der Waals surface area contributed by atoms with Crippen LogP contribution in [0.25, 0.3) is 0 Å². The summed E-state index contributed by atoms with van der Waals surface area (Å²) in [6.45, 7) is 0.783. The second-order valence-corrected chi connectivity index (χ2v) is 5.24. The number of thiophene rings is 1. The zero-order valence-corrected chi connectivity index (χ0v) is 10.7. The first-order valence-electron chi connectivity index (χ1n) is 5.98. The zero-order valence-electron chi connectivity index (χ0n) is 9.93. The molecule has 0 saturated carbocycles. The minimum Gasteiger partial charge on any atom is -0.399 e. The molecular weight excluding hydrogens is 244 g/mol. The number of aryl methyl sites for hydroxylation is 1. The average Bonchev–Trinajstić information content (AvgIpc) is 2.90. The molecule has 3 nitrogen and oxygen atoms in total. The van der Waals surface area contributed by atoms with Crippen LogP contribution in [0.15, 0.2) is 35.0 Å². The molecule has 18 heavy (non-hydrogen) atoms. The molecular formula is C14H14N2OS. The summed E-state index contributed by atoms with van der Waals surface area (Å²) in [7, 11) is 0. The maximum absolute atomic E-state index is 12.4. The lowest BCUT2D eigenvalue weighted by Crippen LogP contribution is -2.35. The Balaban J connectivity index is 1.99. The molecule has 3 rings (SSSR count). The molecule has 0 aliphatic carbocycles. The van der Waals surface area contributed by atoms with Crippen LogP contribution >= 0.6 is 11.3 Å². The van der Waals surface area contributed by atoms with E-state index in [0.29, 0.717) is 0 Å². The minimum absolute atomic E-state index is 0.0852. The van der Waals surface area contributed by atoms with E-state index in [-0.39, 0.29) is 5.91 Å². The van der Waals surface area contributed by atoms with Gasteiger partial charge in [0.05, 0.1) is 5.56 Å². The molecule has 1 aliphatic rings. The summed E-state index contributed by atoms with van der Waals surface area (Å²) in [5, 5.41) is 3.83. The lowest BCUT2D eigenvalue weighted by atomic mass is 10.0. The molecule has 1 aromatic carbocycles. The van der Waals surface area contributed by atoms with Crippen molar-refractivity contribution in [2.75, 3.05) is 17.2 Å². The molecule has 1 amide bonds. The fourth-order valence-corrected chi connectivity index (χ4v) is 3.00. The number of anilines is 2. The van der Waals surface area contributed by atoms with E-state index in [9.17, 15) is 4.79 Å². The maximum Gasteiger partial charge on any atom is 0.259 e. The van der Waals surface area contributed by atoms with Gasteiger partial charge in [0.2, 0.25) is 0 Å². The van der Waals surface area contributed by atoms with Crippen molar-refractivity contribution in [1.82, 2.24) is 0 Å². The summed E-state index contributed by atoms with van der Waals surface area (Å²) in [5.74, 6) is 0.0852. The number of fused-ring (bicyclic) bond motifs is 1.